The predicted molar refractivity (Wildman–Crippen MR) is 103 cm³/mol. The number of methoxy groups -OCH3 is 1. The molecule has 0 bridgehead atoms. The molecule has 0 saturated carbocycles. The summed E-state index contributed by atoms with van der Waals surface area (Å²) in [5, 5.41) is 2.90. The molecule has 1 amide bonds. The molecule has 3 aromatic rings. The van der Waals surface area contributed by atoms with Gasteiger partial charge in [-0.05, 0) is 61.5 Å². The zero-order chi connectivity index (χ0) is 17.6. The summed E-state index contributed by atoms with van der Waals surface area (Å²) in [5.74, 6) is 0.510. The molecule has 4 heteroatoms. The molecule has 0 atom stereocenters. The number of nitrogens with one attached hydrogen (secondary N) is 1. The van der Waals surface area contributed by atoms with Crippen LogP contribution in [0.15, 0.2) is 82.6 Å². The maximum atomic E-state index is 12.3. The Morgan fingerprint density at radius 3 is 2.20 bits per heavy atom. The van der Waals surface area contributed by atoms with Crippen molar-refractivity contribution in [3.8, 4) is 5.75 Å². The number of hydrogen-bond acceptors (Lipinski definition) is 3. The van der Waals surface area contributed by atoms with Gasteiger partial charge in [0.2, 0.25) is 0 Å². The topological polar surface area (TPSA) is 38.3 Å². The zero-order valence-electron chi connectivity index (χ0n) is 14.2. The normalized spacial score (nSPS) is 10.3. The summed E-state index contributed by atoms with van der Waals surface area (Å²) in [7, 11) is 1.58. The van der Waals surface area contributed by atoms with E-state index in [1.54, 1.807) is 37.1 Å². The van der Waals surface area contributed by atoms with Gasteiger partial charge in [-0.2, -0.15) is 0 Å². The van der Waals surface area contributed by atoms with Crippen molar-refractivity contribution in [1.82, 2.24) is 0 Å². The minimum absolute atomic E-state index is 0.155. The lowest BCUT2D eigenvalue weighted by Gasteiger charge is -2.08. The van der Waals surface area contributed by atoms with E-state index < -0.39 is 0 Å². The highest BCUT2D eigenvalue weighted by Crippen LogP contribution is 2.28. The average molecular weight is 349 g/mol. The summed E-state index contributed by atoms with van der Waals surface area (Å²) in [5.41, 5.74) is 2.58. The van der Waals surface area contributed by atoms with Crippen LogP contribution < -0.4 is 10.1 Å². The van der Waals surface area contributed by atoms with Crippen molar-refractivity contribution >= 4 is 23.4 Å². The van der Waals surface area contributed by atoms with E-state index in [1.807, 2.05) is 30.3 Å². The highest BCUT2D eigenvalue weighted by atomic mass is 32.2. The minimum Gasteiger partial charge on any atom is -0.497 e. The first kappa shape index (κ1) is 17.1. The van der Waals surface area contributed by atoms with Crippen LogP contribution in [-0.2, 0) is 0 Å². The molecular formula is C21H19NO2S. The van der Waals surface area contributed by atoms with Crippen LogP contribution in [0, 0.1) is 6.92 Å². The molecule has 1 N–H and O–H groups in total. The van der Waals surface area contributed by atoms with Crippen LogP contribution in [0.4, 0.5) is 5.69 Å². The number of ether oxygens (including phenoxy) is 1. The number of carbonyl (C=O) groups excluding carboxylic acids is 1. The Balaban J connectivity index is 1.65. The van der Waals surface area contributed by atoms with Crippen LogP contribution in [0.3, 0.4) is 0 Å². The Bertz CT molecular complexity index is 858. The number of benzene rings is 3. The molecule has 0 heterocycles. The molecule has 0 aliphatic carbocycles. The molecule has 126 valence electrons. The SMILES string of the molecule is COc1cccc(C(=O)Nc2ccc(Sc3ccc(C)cc3)cc2)c1. The van der Waals surface area contributed by atoms with Gasteiger partial charge in [0.1, 0.15) is 5.75 Å². The second kappa shape index (κ2) is 7.90. The summed E-state index contributed by atoms with van der Waals surface area (Å²) in [6, 6.07) is 23.4. The van der Waals surface area contributed by atoms with Gasteiger partial charge in [0, 0.05) is 21.0 Å². The highest BCUT2D eigenvalue weighted by Gasteiger charge is 2.07. The molecule has 0 aromatic heterocycles. The van der Waals surface area contributed by atoms with E-state index in [0.717, 1.165) is 10.6 Å². The lowest BCUT2D eigenvalue weighted by molar-refractivity contribution is 0.102. The monoisotopic (exact) mass is 349 g/mol. The highest BCUT2D eigenvalue weighted by molar-refractivity contribution is 7.99. The van der Waals surface area contributed by atoms with Gasteiger partial charge >= 0.3 is 0 Å². The third-order valence-electron chi connectivity index (χ3n) is 3.70. The fourth-order valence-corrected chi connectivity index (χ4v) is 3.13. The lowest BCUT2D eigenvalue weighted by Crippen LogP contribution is -2.11. The Morgan fingerprint density at radius 1 is 0.920 bits per heavy atom. The first-order chi connectivity index (χ1) is 12.1. The van der Waals surface area contributed by atoms with E-state index in [0.29, 0.717) is 11.3 Å². The third kappa shape index (κ3) is 4.64. The number of aryl methyl sites for hydroxylation is 1. The van der Waals surface area contributed by atoms with Crippen molar-refractivity contribution in [2.75, 3.05) is 12.4 Å². The van der Waals surface area contributed by atoms with Gasteiger partial charge < -0.3 is 10.1 Å². The molecule has 3 aromatic carbocycles. The van der Waals surface area contributed by atoms with Crippen LogP contribution in [0.25, 0.3) is 0 Å². The van der Waals surface area contributed by atoms with Crippen molar-refractivity contribution in [3.05, 3.63) is 83.9 Å². The molecule has 0 fully saturated rings. The van der Waals surface area contributed by atoms with E-state index in [-0.39, 0.29) is 5.91 Å². The standard InChI is InChI=1S/C21H19NO2S/c1-15-6-10-19(11-7-15)25-20-12-8-17(9-13-20)22-21(23)16-4-3-5-18(14-16)24-2/h3-14H,1-2H3,(H,22,23). The van der Waals surface area contributed by atoms with Crippen molar-refractivity contribution in [2.45, 2.75) is 16.7 Å². The zero-order valence-corrected chi connectivity index (χ0v) is 15.0. The second-order valence-corrected chi connectivity index (χ2v) is 6.77. The molecule has 0 aliphatic heterocycles. The number of carbonyl (C=O) groups is 1. The van der Waals surface area contributed by atoms with Gasteiger partial charge in [-0.3, -0.25) is 4.79 Å². The molecule has 3 rings (SSSR count). The molecule has 3 nitrogen and oxygen atoms in total. The van der Waals surface area contributed by atoms with Crippen LogP contribution in [0.2, 0.25) is 0 Å². The minimum atomic E-state index is -0.155. The van der Waals surface area contributed by atoms with E-state index in [4.69, 9.17) is 4.74 Å². The Kier molecular flexibility index (Phi) is 5.41. The fourth-order valence-electron chi connectivity index (χ4n) is 2.32. The first-order valence-corrected chi connectivity index (χ1v) is 8.76. The number of amides is 1. The van der Waals surface area contributed by atoms with Gasteiger partial charge in [0.15, 0.2) is 0 Å². The Morgan fingerprint density at radius 2 is 1.56 bits per heavy atom. The molecular weight excluding hydrogens is 330 g/mol. The van der Waals surface area contributed by atoms with E-state index in [2.05, 4.69) is 36.5 Å². The lowest BCUT2D eigenvalue weighted by atomic mass is 10.2. The van der Waals surface area contributed by atoms with Crippen molar-refractivity contribution < 1.29 is 9.53 Å². The summed E-state index contributed by atoms with van der Waals surface area (Å²) in [6.07, 6.45) is 0. The smallest absolute Gasteiger partial charge is 0.255 e. The van der Waals surface area contributed by atoms with Gasteiger partial charge in [-0.1, -0.05) is 35.5 Å². The summed E-state index contributed by atoms with van der Waals surface area (Å²) in [4.78, 5) is 14.6. The van der Waals surface area contributed by atoms with Gasteiger partial charge in [-0.25, -0.2) is 0 Å². The third-order valence-corrected chi connectivity index (χ3v) is 4.72. The number of anilines is 1. The first-order valence-electron chi connectivity index (χ1n) is 7.94. The molecule has 0 unspecified atom stereocenters. The summed E-state index contributed by atoms with van der Waals surface area (Å²) in [6.45, 7) is 2.08. The quantitative estimate of drug-likeness (QED) is 0.669. The van der Waals surface area contributed by atoms with Crippen LogP contribution >= 0.6 is 11.8 Å². The summed E-state index contributed by atoms with van der Waals surface area (Å²) >= 11 is 1.70. The average Bonchev–Trinajstić information content (AvgIpc) is 2.65. The molecule has 25 heavy (non-hydrogen) atoms. The van der Waals surface area contributed by atoms with Gasteiger partial charge in [0.25, 0.3) is 5.91 Å². The second-order valence-electron chi connectivity index (χ2n) is 5.63. The predicted octanol–water partition coefficient (Wildman–Crippen LogP) is 5.41. The Labute approximate surface area is 152 Å². The van der Waals surface area contributed by atoms with Crippen molar-refractivity contribution in [3.63, 3.8) is 0 Å². The summed E-state index contributed by atoms with van der Waals surface area (Å²) < 4.78 is 5.15. The maximum Gasteiger partial charge on any atom is 0.255 e. The van der Waals surface area contributed by atoms with Crippen LogP contribution in [0.1, 0.15) is 15.9 Å². The molecule has 0 saturated heterocycles. The Hall–Kier alpha value is -2.72. The van der Waals surface area contributed by atoms with Crippen molar-refractivity contribution in [2.24, 2.45) is 0 Å². The largest absolute Gasteiger partial charge is 0.497 e. The van der Waals surface area contributed by atoms with Crippen LogP contribution in [0.5, 0.6) is 5.75 Å². The molecule has 0 aliphatic rings. The van der Waals surface area contributed by atoms with Crippen LogP contribution in [-0.4, -0.2) is 13.0 Å². The maximum absolute atomic E-state index is 12.3. The van der Waals surface area contributed by atoms with Gasteiger partial charge in [0.05, 0.1) is 7.11 Å². The van der Waals surface area contributed by atoms with E-state index >= 15 is 0 Å². The fraction of sp³-hybridized carbons (Fsp3) is 0.0952. The number of rotatable bonds is 5. The van der Waals surface area contributed by atoms with E-state index in [1.165, 1.54) is 10.5 Å². The molecule has 0 radical (unpaired) electrons. The number of hydrogen-bond donors (Lipinski definition) is 1. The van der Waals surface area contributed by atoms with Gasteiger partial charge in [-0.15, -0.1) is 0 Å². The van der Waals surface area contributed by atoms with E-state index in [9.17, 15) is 4.79 Å². The molecule has 0 spiro atoms. The van der Waals surface area contributed by atoms with Crippen molar-refractivity contribution in [1.29, 1.82) is 0 Å².